The fourth-order valence-corrected chi connectivity index (χ4v) is 4.44. The van der Waals surface area contributed by atoms with Crippen molar-refractivity contribution in [1.82, 2.24) is 20.1 Å². The normalized spacial score (nSPS) is 10.7. The molecule has 0 unspecified atom stereocenters. The van der Waals surface area contributed by atoms with E-state index in [-0.39, 0.29) is 11.7 Å². The molecule has 0 aliphatic heterocycles. The van der Waals surface area contributed by atoms with E-state index in [1.54, 1.807) is 17.8 Å². The smallest absolute Gasteiger partial charge is 0.230 e. The number of carbonyl (C=O) groups is 1. The van der Waals surface area contributed by atoms with Gasteiger partial charge >= 0.3 is 0 Å². The second kappa shape index (κ2) is 12.4. The summed E-state index contributed by atoms with van der Waals surface area (Å²) in [5.74, 6) is 2.57. The van der Waals surface area contributed by atoms with Crippen LogP contribution < -0.4 is 10.1 Å². The van der Waals surface area contributed by atoms with Crippen LogP contribution in [0.25, 0.3) is 0 Å². The molecule has 1 N–H and O–H groups in total. The number of hydrogen-bond donors (Lipinski definition) is 1. The van der Waals surface area contributed by atoms with E-state index < -0.39 is 0 Å². The molecular formula is C24H28N4O2S2. The Morgan fingerprint density at radius 2 is 1.94 bits per heavy atom. The molecule has 168 valence electrons. The van der Waals surface area contributed by atoms with Gasteiger partial charge in [-0.15, -0.1) is 28.5 Å². The van der Waals surface area contributed by atoms with E-state index in [2.05, 4.69) is 53.3 Å². The molecule has 2 aromatic carbocycles. The Hall–Kier alpha value is -2.71. The van der Waals surface area contributed by atoms with Crippen molar-refractivity contribution in [1.29, 1.82) is 0 Å². The Balaban J connectivity index is 1.45. The first-order valence-corrected chi connectivity index (χ1v) is 12.3. The summed E-state index contributed by atoms with van der Waals surface area (Å²) >= 11 is 3.09. The highest BCUT2D eigenvalue weighted by Gasteiger charge is 2.14. The summed E-state index contributed by atoms with van der Waals surface area (Å²) in [7, 11) is 0. The summed E-state index contributed by atoms with van der Waals surface area (Å²) in [6.45, 7) is 9.38. The highest BCUT2D eigenvalue weighted by molar-refractivity contribution is 7.99. The van der Waals surface area contributed by atoms with Gasteiger partial charge in [0, 0.05) is 23.7 Å². The first-order valence-electron chi connectivity index (χ1n) is 10.4. The Labute approximate surface area is 197 Å². The molecule has 0 fully saturated rings. The van der Waals surface area contributed by atoms with Gasteiger partial charge in [-0.25, -0.2) is 0 Å². The molecule has 0 saturated carbocycles. The predicted octanol–water partition coefficient (Wildman–Crippen LogP) is 4.66. The summed E-state index contributed by atoms with van der Waals surface area (Å²) in [6, 6.07) is 16.3. The number of hydrogen-bond acceptors (Lipinski definition) is 6. The highest BCUT2D eigenvalue weighted by atomic mass is 32.2. The van der Waals surface area contributed by atoms with Crippen LogP contribution >= 0.6 is 23.5 Å². The maximum absolute atomic E-state index is 12.2. The van der Waals surface area contributed by atoms with E-state index in [0.717, 1.165) is 17.1 Å². The number of carbonyl (C=O) groups excluding carboxylic acids is 1. The molecule has 0 aliphatic carbocycles. The van der Waals surface area contributed by atoms with Gasteiger partial charge in [0.2, 0.25) is 5.91 Å². The number of nitrogens with zero attached hydrogens (tertiary/aromatic N) is 3. The molecular weight excluding hydrogens is 440 g/mol. The zero-order chi connectivity index (χ0) is 22.8. The first kappa shape index (κ1) is 23.9. The largest absolute Gasteiger partial charge is 0.486 e. The van der Waals surface area contributed by atoms with Crippen molar-refractivity contribution >= 4 is 29.4 Å². The molecule has 8 heteroatoms. The summed E-state index contributed by atoms with van der Waals surface area (Å²) in [5, 5.41) is 12.1. The molecule has 1 aromatic heterocycles. The van der Waals surface area contributed by atoms with Crippen LogP contribution in [0.5, 0.6) is 5.75 Å². The summed E-state index contributed by atoms with van der Waals surface area (Å²) in [5.41, 5.74) is 2.38. The fraction of sp³-hybridized carbons (Fsp3) is 0.292. The standard InChI is InChI=1S/C24H28N4O2S2/c1-4-13-28-22(16-30-20-7-5-6-19(3)15-20)26-27-24(28)32-17-23(29)25-12-14-31-21-10-8-18(2)9-11-21/h4-11,15H,1,12-14,16-17H2,2-3H3,(H,25,29). The fourth-order valence-electron chi connectivity index (χ4n) is 2.87. The van der Waals surface area contributed by atoms with Gasteiger partial charge in [-0.1, -0.05) is 47.7 Å². The minimum atomic E-state index is -0.0229. The van der Waals surface area contributed by atoms with Crippen molar-refractivity contribution in [3.05, 3.63) is 78.1 Å². The van der Waals surface area contributed by atoms with Gasteiger partial charge in [0.25, 0.3) is 0 Å². The van der Waals surface area contributed by atoms with Crippen LogP contribution in [0.3, 0.4) is 0 Å². The topological polar surface area (TPSA) is 69.0 Å². The lowest BCUT2D eigenvalue weighted by Gasteiger charge is -2.10. The van der Waals surface area contributed by atoms with Crippen LogP contribution in [0, 0.1) is 13.8 Å². The molecule has 3 rings (SSSR count). The van der Waals surface area contributed by atoms with Crippen molar-refractivity contribution in [3.8, 4) is 5.75 Å². The van der Waals surface area contributed by atoms with Gasteiger partial charge in [0.15, 0.2) is 11.0 Å². The third-order valence-electron chi connectivity index (χ3n) is 4.51. The van der Waals surface area contributed by atoms with Crippen LogP contribution in [0.15, 0.2) is 71.2 Å². The number of aryl methyl sites for hydroxylation is 2. The zero-order valence-corrected chi connectivity index (χ0v) is 20.0. The lowest BCUT2D eigenvalue weighted by atomic mass is 10.2. The second-order valence-corrected chi connectivity index (χ2v) is 9.31. The summed E-state index contributed by atoms with van der Waals surface area (Å²) in [6.07, 6.45) is 1.78. The lowest BCUT2D eigenvalue weighted by molar-refractivity contribution is -0.118. The molecule has 0 atom stereocenters. The zero-order valence-electron chi connectivity index (χ0n) is 18.4. The number of nitrogens with one attached hydrogen (secondary N) is 1. The molecule has 32 heavy (non-hydrogen) atoms. The maximum Gasteiger partial charge on any atom is 0.230 e. The van der Waals surface area contributed by atoms with Gasteiger partial charge in [0.1, 0.15) is 12.4 Å². The molecule has 1 heterocycles. The molecule has 0 spiro atoms. The van der Waals surface area contributed by atoms with Crippen molar-refractivity contribution in [2.45, 2.75) is 37.1 Å². The minimum absolute atomic E-state index is 0.0229. The van der Waals surface area contributed by atoms with E-state index in [9.17, 15) is 4.79 Å². The lowest BCUT2D eigenvalue weighted by Crippen LogP contribution is -2.27. The van der Waals surface area contributed by atoms with Crippen molar-refractivity contribution < 1.29 is 9.53 Å². The summed E-state index contributed by atoms with van der Waals surface area (Å²) in [4.78, 5) is 13.5. The van der Waals surface area contributed by atoms with Gasteiger partial charge in [-0.2, -0.15) is 0 Å². The molecule has 3 aromatic rings. The van der Waals surface area contributed by atoms with E-state index in [1.807, 2.05) is 35.8 Å². The number of thioether (sulfide) groups is 2. The van der Waals surface area contributed by atoms with E-state index in [4.69, 9.17) is 4.74 Å². The molecule has 0 radical (unpaired) electrons. The van der Waals surface area contributed by atoms with Crippen LogP contribution in [-0.2, 0) is 17.9 Å². The molecule has 0 bridgehead atoms. The minimum Gasteiger partial charge on any atom is -0.486 e. The third kappa shape index (κ3) is 7.46. The molecule has 1 amide bonds. The van der Waals surface area contributed by atoms with E-state index in [0.29, 0.717) is 30.7 Å². The van der Waals surface area contributed by atoms with Crippen LogP contribution in [0.1, 0.15) is 17.0 Å². The van der Waals surface area contributed by atoms with Crippen LogP contribution in [-0.4, -0.2) is 38.7 Å². The Kier molecular flexibility index (Phi) is 9.25. The van der Waals surface area contributed by atoms with Crippen molar-refractivity contribution in [2.75, 3.05) is 18.1 Å². The Bertz CT molecular complexity index is 1030. The number of ether oxygens (including phenoxy) is 1. The van der Waals surface area contributed by atoms with E-state index in [1.165, 1.54) is 22.2 Å². The van der Waals surface area contributed by atoms with Crippen LogP contribution in [0.4, 0.5) is 0 Å². The number of amides is 1. The van der Waals surface area contributed by atoms with Crippen LogP contribution in [0.2, 0.25) is 0 Å². The van der Waals surface area contributed by atoms with Crippen molar-refractivity contribution in [2.24, 2.45) is 0 Å². The van der Waals surface area contributed by atoms with Gasteiger partial charge in [-0.05, 0) is 43.7 Å². The first-order chi connectivity index (χ1) is 15.5. The number of allylic oxidation sites excluding steroid dienone is 1. The van der Waals surface area contributed by atoms with E-state index >= 15 is 0 Å². The van der Waals surface area contributed by atoms with Gasteiger partial charge in [-0.3, -0.25) is 9.36 Å². The van der Waals surface area contributed by atoms with Gasteiger partial charge in [0.05, 0.1) is 5.75 Å². The quantitative estimate of drug-likeness (QED) is 0.237. The Morgan fingerprint density at radius 1 is 1.12 bits per heavy atom. The number of rotatable bonds is 12. The number of aromatic nitrogens is 3. The summed E-state index contributed by atoms with van der Waals surface area (Å²) < 4.78 is 7.78. The second-order valence-electron chi connectivity index (χ2n) is 7.20. The molecule has 6 nitrogen and oxygen atoms in total. The molecule has 0 saturated heterocycles. The average molecular weight is 469 g/mol. The van der Waals surface area contributed by atoms with Crippen molar-refractivity contribution in [3.63, 3.8) is 0 Å². The third-order valence-corrected chi connectivity index (χ3v) is 6.49. The monoisotopic (exact) mass is 468 g/mol. The Morgan fingerprint density at radius 3 is 2.69 bits per heavy atom. The maximum atomic E-state index is 12.2. The SMILES string of the molecule is C=CCn1c(COc2cccc(C)c2)nnc1SCC(=O)NCCSc1ccc(C)cc1. The van der Waals surface area contributed by atoms with Gasteiger partial charge < -0.3 is 10.1 Å². The molecule has 0 aliphatic rings. The average Bonchev–Trinajstić information content (AvgIpc) is 3.17. The number of benzene rings is 2. The predicted molar refractivity (Wildman–Crippen MR) is 131 cm³/mol. The highest BCUT2D eigenvalue weighted by Crippen LogP contribution is 2.20.